The first-order chi connectivity index (χ1) is 13.3. The Bertz CT molecular complexity index is 1190. The number of nitrogens with one attached hydrogen (secondary N) is 1. The molecule has 6 nitrogen and oxygen atoms in total. The number of hydrogen-bond donors (Lipinski definition) is 1. The van der Waals surface area contributed by atoms with Gasteiger partial charge in [-0.1, -0.05) is 30.3 Å². The zero-order chi connectivity index (χ0) is 18.6. The van der Waals surface area contributed by atoms with Crippen LogP contribution in [0.1, 0.15) is 12.0 Å². The number of hydrogen-bond acceptors (Lipinski definition) is 3. The molecule has 0 atom stereocenters. The topological polar surface area (TPSA) is 75.6 Å². The molecule has 1 N–H and O–H groups in total. The molecule has 0 aliphatic rings. The number of rotatable bonds is 5. The summed E-state index contributed by atoms with van der Waals surface area (Å²) in [6, 6.07) is 17.7. The first-order valence-electron chi connectivity index (χ1n) is 8.62. The summed E-state index contributed by atoms with van der Waals surface area (Å²) in [5.74, 6) is -0.244. The normalized spacial score (nSPS) is 11.2. The van der Waals surface area contributed by atoms with Crippen molar-refractivity contribution >= 4 is 33.9 Å². The fraction of sp³-hybridized carbons (Fsp3) is 0.0952. The van der Waals surface area contributed by atoms with E-state index in [9.17, 15) is 4.79 Å². The summed E-state index contributed by atoms with van der Waals surface area (Å²) < 4.78 is 3.65. The second kappa shape index (κ2) is 7.18. The van der Waals surface area contributed by atoms with Crippen molar-refractivity contribution in [3.8, 4) is 6.07 Å². The number of carbonyl (C=O) groups is 1. The molecular formula is C21H17N5O. The summed E-state index contributed by atoms with van der Waals surface area (Å²) in [5, 5.41) is 9.89. The molecule has 0 aliphatic heterocycles. The highest BCUT2D eigenvalue weighted by atomic mass is 16.2. The van der Waals surface area contributed by atoms with Gasteiger partial charge in [0.15, 0.2) is 0 Å². The van der Waals surface area contributed by atoms with E-state index in [0.717, 1.165) is 27.5 Å². The Balaban J connectivity index is 1.57. The zero-order valence-electron chi connectivity index (χ0n) is 14.5. The van der Waals surface area contributed by atoms with Crippen LogP contribution in [0, 0.1) is 11.3 Å². The number of nitrogens with zero attached hydrogens (tertiary/aromatic N) is 4. The van der Waals surface area contributed by atoms with Gasteiger partial charge in [0.05, 0.1) is 23.5 Å². The Kier molecular flexibility index (Phi) is 4.42. The maximum atomic E-state index is 12.3. The van der Waals surface area contributed by atoms with Crippen LogP contribution < -0.4 is 5.43 Å². The minimum absolute atomic E-state index is 0.244. The van der Waals surface area contributed by atoms with Crippen LogP contribution in [0.2, 0.25) is 0 Å². The van der Waals surface area contributed by atoms with E-state index in [1.807, 2.05) is 59.3 Å². The molecule has 0 fully saturated rings. The van der Waals surface area contributed by atoms with Crippen LogP contribution in [0.4, 0.5) is 0 Å². The molecule has 4 aromatic rings. The van der Waals surface area contributed by atoms with E-state index in [1.54, 1.807) is 17.1 Å². The Morgan fingerprint density at radius 2 is 1.93 bits per heavy atom. The van der Waals surface area contributed by atoms with E-state index in [1.165, 1.54) is 6.08 Å². The van der Waals surface area contributed by atoms with Crippen molar-refractivity contribution in [1.29, 1.82) is 5.26 Å². The van der Waals surface area contributed by atoms with Gasteiger partial charge in [0.2, 0.25) is 0 Å². The van der Waals surface area contributed by atoms with Crippen molar-refractivity contribution in [1.82, 2.24) is 14.2 Å². The molecule has 2 aromatic heterocycles. The first kappa shape index (κ1) is 16.6. The van der Waals surface area contributed by atoms with Gasteiger partial charge < -0.3 is 4.57 Å². The third-order valence-corrected chi connectivity index (χ3v) is 4.38. The molecule has 2 aromatic carbocycles. The lowest BCUT2D eigenvalue weighted by Crippen LogP contribution is -2.19. The number of nitriles is 1. The fourth-order valence-electron chi connectivity index (χ4n) is 3.13. The Morgan fingerprint density at radius 1 is 1.15 bits per heavy atom. The minimum Gasteiger partial charge on any atom is -0.346 e. The quantitative estimate of drug-likeness (QED) is 0.555. The molecule has 0 saturated heterocycles. The number of para-hydroxylation sites is 3. The van der Waals surface area contributed by atoms with E-state index in [2.05, 4.69) is 16.5 Å². The molecule has 2 heterocycles. The van der Waals surface area contributed by atoms with Gasteiger partial charge >= 0.3 is 0 Å². The van der Waals surface area contributed by atoms with Crippen molar-refractivity contribution in [2.45, 2.75) is 13.0 Å². The molecule has 0 bridgehead atoms. The minimum atomic E-state index is -0.244. The maximum Gasteiger partial charge on any atom is 0.262 e. The predicted octanol–water partition coefficient (Wildman–Crippen LogP) is 3.69. The lowest BCUT2D eigenvalue weighted by atomic mass is 10.1. The molecular weight excluding hydrogens is 338 g/mol. The predicted molar refractivity (Wildman–Crippen MR) is 105 cm³/mol. The summed E-state index contributed by atoms with van der Waals surface area (Å²) in [6.45, 7) is 0.623. The van der Waals surface area contributed by atoms with Crippen LogP contribution in [-0.2, 0) is 11.3 Å². The van der Waals surface area contributed by atoms with E-state index in [4.69, 9.17) is 5.26 Å². The van der Waals surface area contributed by atoms with Crippen LogP contribution in [0.25, 0.3) is 28.0 Å². The number of aromatic nitrogens is 3. The van der Waals surface area contributed by atoms with E-state index >= 15 is 0 Å². The summed E-state index contributed by atoms with van der Waals surface area (Å²) in [7, 11) is 0. The van der Waals surface area contributed by atoms with Crippen LogP contribution in [0.15, 0.2) is 67.1 Å². The van der Waals surface area contributed by atoms with Gasteiger partial charge in [0.25, 0.3) is 5.91 Å². The Hall–Kier alpha value is -3.85. The second-order valence-corrected chi connectivity index (χ2v) is 6.12. The molecule has 0 aliphatic carbocycles. The number of amides is 1. The molecule has 132 valence electrons. The highest BCUT2D eigenvalue weighted by molar-refractivity contribution is 6.00. The van der Waals surface area contributed by atoms with Crippen LogP contribution in [-0.4, -0.2) is 20.1 Å². The molecule has 0 radical (unpaired) electrons. The smallest absolute Gasteiger partial charge is 0.262 e. The SMILES string of the molecule is N#CCCn1cc(/C=C/C(=O)Nn2cnc3ccccc32)c2ccccc21. The monoisotopic (exact) mass is 355 g/mol. The zero-order valence-corrected chi connectivity index (χ0v) is 14.5. The number of benzene rings is 2. The van der Waals surface area contributed by atoms with Crippen LogP contribution in [0.5, 0.6) is 0 Å². The summed E-state index contributed by atoms with van der Waals surface area (Å²) in [4.78, 5) is 16.6. The van der Waals surface area contributed by atoms with Crippen molar-refractivity contribution in [2.24, 2.45) is 0 Å². The van der Waals surface area contributed by atoms with Crippen LogP contribution >= 0.6 is 0 Å². The third kappa shape index (κ3) is 3.31. The Labute approximate surface area is 155 Å². The van der Waals surface area contributed by atoms with Crippen molar-refractivity contribution in [2.75, 3.05) is 5.43 Å². The van der Waals surface area contributed by atoms with Gasteiger partial charge in [-0.3, -0.25) is 10.2 Å². The van der Waals surface area contributed by atoms with Crippen molar-refractivity contribution in [3.63, 3.8) is 0 Å². The molecule has 4 rings (SSSR count). The van der Waals surface area contributed by atoms with Crippen molar-refractivity contribution < 1.29 is 4.79 Å². The first-order valence-corrected chi connectivity index (χ1v) is 8.62. The number of aryl methyl sites for hydroxylation is 1. The van der Waals surface area contributed by atoms with Gasteiger partial charge in [-0.2, -0.15) is 5.26 Å². The molecule has 0 spiro atoms. The standard InChI is InChI=1S/C21H17N5O/c22-12-5-13-25-14-16(17-6-1-3-8-19(17)25)10-11-21(27)24-26-15-23-18-7-2-4-9-20(18)26/h1-4,6-11,14-15H,5,13H2,(H,24,27)/b11-10+. The average Bonchev–Trinajstić information content (AvgIpc) is 3.26. The van der Waals surface area contributed by atoms with Gasteiger partial charge in [0.1, 0.15) is 6.33 Å². The summed E-state index contributed by atoms with van der Waals surface area (Å²) in [6.07, 6.45) is 7.30. The maximum absolute atomic E-state index is 12.3. The summed E-state index contributed by atoms with van der Waals surface area (Å²) >= 11 is 0. The third-order valence-electron chi connectivity index (χ3n) is 4.38. The van der Waals surface area contributed by atoms with Crippen molar-refractivity contribution in [3.05, 3.63) is 72.7 Å². The lowest BCUT2D eigenvalue weighted by molar-refractivity contribution is -0.112. The van der Waals surface area contributed by atoms with Gasteiger partial charge in [0, 0.05) is 35.3 Å². The van der Waals surface area contributed by atoms with E-state index in [-0.39, 0.29) is 5.91 Å². The van der Waals surface area contributed by atoms with Crippen LogP contribution in [0.3, 0.4) is 0 Å². The highest BCUT2D eigenvalue weighted by Crippen LogP contribution is 2.22. The molecule has 6 heteroatoms. The lowest BCUT2D eigenvalue weighted by Gasteiger charge is -2.03. The largest absolute Gasteiger partial charge is 0.346 e. The van der Waals surface area contributed by atoms with Gasteiger partial charge in [-0.05, 0) is 24.3 Å². The molecule has 0 unspecified atom stereocenters. The number of imidazole rings is 1. The summed E-state index contributed by atoms with van der Waals surface area (Å²) in [5.41, 5.74) is 6.45. The van der Waals surface area contributed by atoms with E-state index in [0.29, 0.717) is 13.0 Å². The number of carbonyl (C=O) groups excluding carboxylic acids is 1. The molecule has 27 heavy (non-hydrogen) atoms. The fourth-order valence-corrected chi connectivity index (χ4v) is 3.13. The molecule has 1 amide bonds. The van der Waals surface area contributed by atoms with E-state index < -0.39 is 0 Å². The average molecular weight is 355 g/mol. The number of fused-ring (bicyclic) bond motifs is 2. The molecule has 0 saturated carbocycles. The highest BCUT2D eigenvalue weighted by Gasteiger charge is 2.07. The van der Waals surface area contributed by atoms with Gasteiger partial charge in [-0.25, -0.2) is 9.66 Å². The van der Waals surface area contributed by atoms with Gasteiger partial charge in [-0.15, -0.1) is 0 Å². The second-order valence-electron chi connectivity index (χ2n) is 6.12. The Morgan fingerprint density at radius 3 is 2.78 bits per heavy atom.